The van der Waals surface area contributed by atoms with Crippen LogP contribution in [0, 0.1) is 0 Å². The maximum atomic E-state index is 13.6. The summed E-state index contributed by atoms with van der Waals surface area (Å²) in [5.74, 6) is 0.0907. The molecule has 2 amide bonds. The Bertz CT molecular complexity index is 1150. The van der Waals surface area contributed by atoms with E-state index in [0.29, 0.717) is 26.2 Å². The number of morpholine rings is 1. The van der Waals surface area contributed by atoms with Crippen molar-refractivity contribution in [1.29, 1.82) is 0 Å². The van der Waals surface area contributed by atoms with Crippen molar-refractivity contribution < 1.29 is 14.3 Å². The van der Waals surface area contributed by atoms with Gasteiger partial charge in [0, 0.05) is 25.2 Å². The van der Waals surface area contributed by atoms with Gasteiger partial charge in [0.1, 0.15) is 6.61 Å². The van der Waals surface area contributed by atoms with Gasteiger partial charge in [0.05, 0.1) is 12.1 Å². The molecule has 2 aliphatic rings. The lowest BCUT2D eigenvalue weighted by Gasteiger charge is -2.42. The minimum atomic E-state index is -0.392. The predicted octanol–water partition coefficient (Wildman–Crippen LogP) is 4.78. The topological polar surface area (TPSA) is 49.9 Å². The molecular formula is C29H30N2O3. The standard InChI is InChI=1S/C29H30N2O3/c32-27-21-34-29(22-31(27)20-23-10-3-1-4-11-23)16-9-18-30(19-17-29)28(33)26-15-8-7-14-25(26)24-12-5-2-6-13-24/h1-8,10-15H,9,16-22H2. The molecule has 2 heterocycles. The lowest BCUT2D eigenvalue weighted by Crippen LogP contribution is -2.54. The second-order valence-electron chi connectivity index (χ2n) is 9.26. The number of rotatable bonds is 4. The smallest absolute Gasteiger partial charge is 0.254 e. The normalized spacial score (nSPS) is 20.9. The van der Waals surface area contributed by atoms with Crippen molar-refractivity contribution in [2.45, 2.75) is 31.4 Å². The summed E-state index contributed by atoms with van der Waals surface area (Å²) in [6.45, 7) is 2.59. The molecule has 0 N–H and O–H groups in total. The highest BCUT2D eigenvalue weighted by molar-refractivity contribution is 6.00. The fourth-order valence-corrected chi connectivity index (χ4v) is 5.12. The van der Waals surface area contributed by atoms with Gasteiger partial charge < -0.3 is 14.5 Å². The number of carbonyl (C=O) groups excluding carboxylic acids is 2. The highest BCUT2D eigenvalue weighted by Crippen LogP contribution is 2.32. The van der Waals surface area contributed by atoms with E-state index in [2.05, 4.69) is 0 Å². The van der Waals surface area contributed by atoms with Crippen LogP contribution in [0.15, 0.2) is 84.9 Å². The molecule has 3 aromatic rings. The maximum Gasteiger partial charge on any atom is 0.254 e. The summed E-state index contributed by atoms with van der Waals surface area (Å²) in [7, 11) is 0. The molecule has 0 saturated carbocycles. The van der Waals surface area contributed by atoms with Crippen LogP contribution in [0.25, 0.3) is 11.1 Å². The van der Waals surface area contributed by atoms with Gasteiger partial charge in [-0.25, -0.2) is 0 Å². The molecule has 5 rings (SSSR count). The Labute approximate surface area is 201 Å². The van der Waals surface area contributed by atoms with Crippen molar-refractivity contribution in [3.05, 3.63) is 96.1 Å². The lowest BCUT2D eigenvalue weighted by atomic mass is 9.92. The van der Waals surface area contributed by atoms with Crippen LogP contribution in [0.4, 0.5) is 0 Å². The van der Waals surface area contributed by atoms with Gasteiger partial charge in [-0.05, 0) is 42.0 Å². The van der Waals surface area contributed by atoms with Gasteiger partial charge in [-0.1, -0.05) is 78.9 Å². The summed E-state index contributed by atoms with van der Waals surface area (Å²) < 4.78 is 6.16. The average Bonchev–Trinajstić information content (AvgIpc) is 3.10. The molecule has 34 heavy (non-hydrogen) atoms. The molecule has 3 aromatic carbocycles. The molecule has 1 unspecified atom stereocenters. The summed E-state index contributed by atoms with van der Waals surface area (Å²) in [4.78, 5) is 30.0. The van der Waals surface area contributed by atoms with Gasteiger partial charge in [-0.2, -0.15) is 0 Å². The minimum Gasteiger partial charge on any atom is -0.363 e. The third-order valence-corrected chi connectivity index (χ3v) is 6.98. The van der Waals surface area contributed by atoms with E-state index in [1.807, 2.05) is 94.7 Å². The third kappa shape index (κ3) is 4.75. The number of hydrogen-bond acceptors (Lipinski definition) is 3. The van der Waals surface area contributed by atoms with Crippen LogP contribution in [0.1, 0.15) is 35.2 Å². The molecule has 0 bridgehead atoms. The van der Waals surface area contributed by atoms with Crippen molar-refractivity contribution in [3.8, 4) is 11.1 Å². The number of carbonyl (C=O) groups is 2. The summed E-state index contributed by atoms with van der Waals surface area (Å²) in [6.07, 6.45) is 2.42. The fourth-order valence-electron chi connectivity index (χ4n) is 5.12. The van der Waals surface area contributed by atoms with E-state index in [0.717, 1.165) is 41.5 Å². The largest absolute Gasteiger partial charge is 0.363 e. The average molecular weight is 455 g/mol. The number of nitrogens with zero attached hydrogens (tertiary/aromatic N) is 2. The van der Waals surface area contributed by atoms with Crippen molar-refractivity contribution in [2.75, 3.05) is 26.2 Å². The second-order valence-corrected chi connectivity index (χ2v) is 9.26. The van der Waals surface area contributed by atoms with Gasteiger partial charge in [0.15, 0.2) is 0 Å². The van der Waals surface area contributed by atoms with E-state index in [9.17, 15) is 9.59 Å². The number of amides is 2. The predicted molar refractivity (Wildman–Crippen MR) is 132 cm³/mol. The van der Waals surface area contributed by atoms with Crippen LogP contribution in [-0.2, 0) is 16.1 Å². The summed E-state index contributed by atoms with van der Waals surface area (Å²) in [6, 6.07) is 28.0. The first-order valence-electron chi connectivity index (χ1n) is 12.0. The molecule has 1 atom stereocenters. The Morgan fingerprint density at radius 2 is 1.56 bits per heavy atom. The van der Waals surface area contributed by atoms with E-state index in [4.69, 9.17) is 4.74 Å². The fraction of sp³-hybridized carbons (Fsp3) is 0.310. The third-order valence-electron chi connectivity index (χ3n) is 6.98. The number of hydrogen-bond donors (Lipinski definition) is 0. The molecule has 1 spiro atoms. The Morgan fingerprint density at radius 3 is 2.35 bits per heavy atom. The van der Waals surface area contributed by atoms with Crippen LogP contribution in [0.5, 0.6) is 0 Å². The Hall–Kier alpha value is -3.44. The zero-order valence-corrected chi connectivity index (χ0v) is 19.4. The van der Waals surface area contributed by atoms with Gasteiger partial charge >= 0.3 is 0 Å². The van der Waals surface area contributed by atoms with Gasteiger partial charge in [-0.3, -0.25) is 9.59 Å². The van der Waals surface area contributed by atoms with Crippen molar-refractivity contribution in [3.63, 3.8) is 0 Å². The first-order chi connectivity index (χ1) is 16.6. The zero-order chi connectivity index (χ0) is 23.4. The number of likely N-dealkylation sites (tertiary alicyclic amines) is 1. The van der Waals surface area contributed by atoms with Crippen LogP contribution in [0.3, 0.4) is 0 Å². The SMILES string of the molecule is O=C1COC2(CCCN(C(=O)c3ccccc3-c3ccccc3)CC2)CN1Cc1ccccc1. The van der Waals surface area contributed by atoms with Gasteiger partial charge in [0.2, 0.25) is 5.91 Å². The summed E-state index contributed by atoms with van der Waals surface area (Å²) in [5.41, 5.74) is 3.46. The van der Waals surface area contributed by atoms with E-state index in [1.54, 1.807) is 0 Å². The molecular weight excluding hydrogens is 424 g/mol. The molecule has 5 nitrogen and oxygen atoms in total. The summed E-state index contributed by atoms with van der Waals surface area (Å²) >= 11 is 0. The number of benzene rings is 3. The van der Waals surface area contributed by atoms with Crippen LogP contribution < -0.4 is 0 Å². The maximum absolute atomic E-state index is 13.6. The van der Waals surface area contributed by atoms with Gasteiger partial charge in [0.25, 0.3) is 5.91 Å². The minimum absolute atomic E-state index is 0.0310. The quantitative estimate of drug-likeness (QED) is 0.570. The highest BCUT2D eigenvalue weighted by Gasteiger charge is 2.41. The number of ether oxygens (including phenoxy) is 1. The van der Waals surface area contributed by atoms with Crippen molar-refractivity contribution >= 4 is 11.8 Å². The van der Waals surface area contributed by atoms with E-state index < -0.39 is 5.60 Å². The van der Waals surface area contributed by atoms with Crippen LogP contribution >= 0.6 is 0 Å². The second kappa shape index (κ2) is 9.82. The van der Waals surface area contributed by atoms with E-state index >= 15 is 0 Å². The molecule has 0 radical (unpaired) electrons. The molecule has 5 heteroatoms. The Kier molecular flexibility index (Phi) is 6.45. The van der Waals surface area contributed by atoms with Gasteiger partial charge in [-0.15, -0.1) is 0 Å². The van der Waals surface area contributed by atoms with Crippen molar-refractivity contribution in [1.82, 2.24) is 9.80 Å². The molecule has 0 aromatic heterocycles. The highest BCUT2D eigenvalue weighted by atomic mass is 16.5. The molecule has 0 aliphatic carbocycles. The summed E-state index contributed by atoms with van der Waals surface area (Å²) in [5, 5.41) is 0. The first-order valence-corrected chi connectivity index (χ1v) is 12.0. The first kappa shape index (κ1) is 22.4. The monoisotopic (exact) mass is 454 g/mol. The molecule has 2 saturated heterocycles. The molecule has 2 aliphatic heterocycles. The Morgan fingerprint density at radius 1 is 0.853 bits per heavy atom. The Balaban J connectivity index is 1.30. The van der Waals surface area contributed by atoms with Crippen molar-refractivity contribution in [2.24, 2.45) is 0 Å². The van der Waals surface area contributed by atoms with E-state index in [-0.39, 0.29) is 18.4 Å². The lowest BCUT2D eigenvalue weighted by molar-refractivity contribution is -0.166. The molecule has 174 valence electrons. The van der Waals surface area contributed by atoms with Crippen LogP contribution in [-0.4, -0.2) is 53.5 Å². The van der Waals surface area contributed by atoms with E-state index in [1.165, 1.54) is 0 Å². The molecule has 2 fully saturated rings. The van der Waals surface area contributed by atoms with Crippen LogP contribution in [0.2, 0.25) is 0 Å². The zero-order valence-electron chi connectivity index (χ0n) is 19.4.